The van der Waals surface area contributed by atoms with E-state index in [2.05, 4.69) is 15.5 Å². The van der Waals surface area contributed by atoms with Crippen LogP contribution in [-0.4, -0.2) is 50.1 Å². The number of rotatable bonds is 3. The van der Waals surface area contributed by atoms with Crippen molar-refractivity contribution in [3.05, 3.63) is 0 Å². The molecule has 1 atom stereocenters. The molecule has 16 heavy (non-hydrogen) atoms. The van der Waals surface area contributed by atoms with Crippen LogP contribution in [-0.2, 0) is 4.79 Å². The molecule has 0 spiro atoms. The van der Waals surface area contributed by atoms with Gasteiger partial charge in [-0.25, -0.2) is 0 Å². The average Bonchev–Trinajstić information content (AvgIpc) is 2.83. The molecular formula is C12H23N3O. The molecule has 1 amide bonds. The zero-order valence-electron chi connectivity index (χ0n) is 10.2. The molecule has 4 nitrogen and oxygen atoms in total. The van der Waals surface area contributed by atoms with E-state index in [1.54, 1.807) is 7.05 Å². The van der Waals surface area contributed by atoms with Crippen molar-refractivity contribution < 1.29 is 4.79 Å². The lowest BCUT2D eigenvalue weighted by Gasteiger charge is -2.34. The highest BCUT2D eigenvalue weighted by atomic mass is 16.1. The zero-order valence-corrected chi connectivity index (χ0v) is 10.2. The Kier molecular flexibility index (Phi) is 4.18. The van der Waals surface area contributed by atoms with Gasteiger partial charge >= 0.3 is 0 Å². The van der Waals surface area contributed by atoms with Crippen molar-refractivity contribution in [1.29, 1.82) is 0 Å². The molecule has 0 aromatic rings. The number of likely N-dealkylation sites (N-methyl/N-ethyl adjacent to an activating group) is 1. The van der Waals surface area contributed by atoms with E-state index in [9.17, 15) is 4.79 Å². The summed E-state index contributed by atoms with van der Waals surface area (Å²) in [7, 11) is 1.71. The molecule has 2 rings (SSSR count). The highest BCUT2D eigenvalue weighted by molar-refractivity contribution is 5.77. The maximum absolute atomic E-state index is 11.3. The summed E-state index contributed by atoms with van der Waals surface area (Å²) < 4.78 is 0. The van der Waals surface area contributed by atoms with Crippen molar-refractivity contribution in [2.45, 2.75) is 31.7 Å². The Morgan fingerprint density at radius 3 is 2.69 bits per heavy atom. The molecular weight excluding hydrogens is 202 g/mol. The van der Waals surface area contributed by atoms with Gasteiger partial charge < -0.3 is 10.6 Å². The fourth-order valence-corrected chi connectivity index (χ4v) is 2.91. The van der Waals surface area contributed by atoms with Gasteiger partial charge in [-0.1, -0.05) is 0 Å². The first kappa shape index (κ1) is 11.9. The van der Waals surface area contributed by atoms with E-state index in [0.29, 0.717) is 6.54 Å². The summed E-state index contributed by atoms with van der Waals surface area (Å²) in [4.78, 5) is 13.5. The van der Waals surface area contributed by atoms with Crippen molar-refractivity contribution in [2.24, 2.45) is 5.92 Å². The molecule has 2 aliphatic heterocycles. The minimum atomic E-state index is 0.137. The topological polar surface area (TPSA) is 44.4 Å². The molecule has 4 heteroatoms. The average molecular weight is 225 g/mol. The first-order valence-corrected chi connectivity index (χ1v) is 6.46. The van der Waals surface area contributed by atoms with Crippen LogP contribution >= 0.6 is 0 Å². The molecule has 2 saturated heterocycles. The van der Waals surface area contributed by atoms with Gasteiger partial charge in [0.05, 0.1) is 6.54 Å². The van der Waals surface area contributed by atoms with Crippen LogP contribution in [0.15, 0.2) is 0 Å². The second kappa shape index (κ2) is 5.64. The fourth-order valence-electron chi connectivity index (χ4n) is 2.91. The van der Waals surface area contributed by atoms with Gasteiger partial charge in [-0.05, 0) is 51.2 Å². The number of hydrogen-bond acceptors (Lipinski definition) is 3. The Hall–Kier alpha value is -0.610. The third-order valence-corrected chi connectivity index (χ3v) is 3.95. The van der Waals surface area contributed by atoms with E-state index in [1.807, 2.05) is 0 Å². The Bertz CT molecular complexity index is 230. The maximum atomic E-state index is 11.3. The summed E-state index contributed by atoms with van der Waals surface area (Å²) in [5, 5.41) is 6.28. The minimum absolute atomic E-state index is 0.137. The van der Waals surface area contributed by atoms with E-state index >= 15 is 0 Å². The molecule has 0 saturated carbocycles. The van der Waals surface area contributed by atoms with E-state index < -0.39 is 0 Å². The van der Waals surface area contributed by atoms with Crippen LogP contribution in [0.4, 0.5) is 0 Å². The van der Waals surface area contributed by atoms with Crippen LogP contribution < -0.4 is 10.6 Å². The fraction of sp³-hybridized carbons (Fsp3) is 0.917. The predicted octanol–water partition coefficient (Wildman–Crippen LogP) is 0.196. The van der Waals surface area contributed by atoms with Crippen LogP contribution in [0.1, 0.15) is 25.7 Å². The van der Waals surface area contributed by atoms with Gasteiger partial charge in [-0.15, -0.1) is 0 Å². The summed E-state index contributed by atoms with van der Waals surface area (Å²) in [5.41, 5.74) is 0. The van der Waals surface area contributed by atoms with Crippen molar-refractivity contribution in [3.63, 3.8) is 0 Å². The highest BCUT2D eigenvalue weighted by Gasteiger charge is 2.28. The molecule has 1 unspecified atom stereocenters. The molecule has 2 fully saturated rings. The second-order valence-electron chi connectivity index (χ2n) is 4.99. The van der Waals surface area contributed by atoms with Gasteiger partial charge in [0.15, 0.2) is 0 Å². The summed E-state index contributed by atoms with van der Waals surface area (Å²) in [6.45, 7) is 3.93. The number of piperidine rings is 1. The predicted molar refractivity (Wildman–Crippen MR) is 64.3 cm³/mol. The zero-order chi connectivity index (χ0) is 11.4. The maximum Gasteiger partial charge on any atom is 0.233 e. The van der Waals surface area contributed by atoms with Crippen molar-refractivity contribution >= 4 is 5.91 Å². The van der Waals surface area contributed by atoms with Crippen molar-refractivity contribution in [2.75, 3.05) is 33.2 Å². The third-order valence-electron chi connectivity index (χ3n) is 3.95. The minimum Gasteiger partial charge on any atom is -0.358 e. The van der Waals surface area contributed by atoms with Crippen LogP contribution in [0.2, 0.25) is 0 Å². The highest BCUT2D eigenvalue weighted by Crippen LogP contribution is 2.25. The van der Waals surface area contributed by atoms with E-state index in [4.69, 9.17) is 0 Å². The summed E-state index contributed by atoms with van der Waals surface area (Å²) in [6.07, 6.45) is 5.17. The molecule has 0 aromatic carbocycles. The molecule has 92 valence electrons. The lowest BCUT2D eigenvalue weighted by Crippen LogP contribution is -2.44. The number of nitrogens with one attached hydrogen (secondary N) is 2. The van der Waals surface area contributed by atoms with Crippen molar-refractivity contribution in [1.82, 2.24) is 15.5 Å². The molecule has 2 N–H and O–H groups in total. The number of amides is 1. The van der Waals surface area contributed by atoms with Crippen LogP contribution in [0.3, 0.4) is 0 Å². The standard InChI is InChI=1S/C12H23N3O/c1-13-12(16)9-15-7-4-10(5-8-15)11-3-2-6-14-11/h10-11,14H,2-9H2,1H3,(H,13,16). The summed E-state index contributed by atoms with van der Waals surface area (Å²) >= 11 is 0. The number of nitrogens with zero attached hydrogens (tertiary/aromatic N) is 1. The van der Waals surface area contributed by atoms with Crippen LogP contribution in [0.25, 0.3) is 0 Å². The Morgan fingerprint density at radius 2 is 2.12 bits per heavy atom. The molecule has 0 aliphatic carbocycles. The molecule has 0 radical (unpaired) electrons. The SMILES string of the molecule is CNC(=O)CN1CCC(C2CCCN2)CC1. The second-order valence-corrected chi connectivity index (χ2v) is 4.99. The van der Waals surface area contributed by atoms with Crippen LogP contribution in [0, 0.1) is 5.92 Å². The normalized spacial score (nSPS) is 28.2. The summed E-state index contributed by atoms with van der Waals surface area (Å²) in [5.74, 6) is 0.973. The van der Waals surface area contributed by atoms with Gasteiger partial charge in [-0.3, -0.25) is 9.69 Å². The van der Waals surface area contributed by atoms with Crippen LogP contribution in [0.5, 0.6) is 0 Å². The number of hydrogen-bond donors (Lipinski definition) is 2. The Labute approximate surface area is 97.8 Å². The van der Waals surface area contributed by atoms with Gasteiger partial charge in [0.1, 0.15) is 0 Å². The first-order chi connectivity index (χ1) is 7.79. The summed E-state index contributed by atoms with van der Waals surface area (Å²) in [6, 6.07) is 0.752. The number of carbonyl (C=O) groups is 1. The smallest absolute Gasteiger partial charge is 0.233 e. The first-order valence-electron chi connectivity index (χ1n) is 6.46. The number of carbonyl (C=O) groups excluding carboxylic acids is 1. The molecule has 2 heterocycles. The van der Waals surface area contributed by atoms with Crippen molar-refractivity contribution in [3.8, 4) is 0 Å². The largest absolute Gasteiger partial charge is 0.358 e. The van der Waals surface area contributed by atoms with Gasteiger partial charge in [-0.2, -0.15) is 0 Å². The quantitative estimate of drug-likeness (QED) is 0.721. The molecule has 0 aromatic heterocycles. The lowest BCUT2D eigenvalue weighted by atomic mass is 9.88. The Morgan fingerprint density at radius 1 is 1.38 bits per heavy atom. The van der Waals surface area contributed by atoms with Gasteiger partial charge in [0, 0.05) is 13.1 Å². The molecule has 0 bridgehead atoms. The van der Waals surface area contributed by atoms with E-state index in [1.165, 1.54) is 32.2 Å². The number of likely N-dealkylation sites (tertiary alicyclic amines) is 1. The van der Waals surface area contributed by atoms with E-state index in [0.717, 1.165) is 25.0 Å². The molecule has 2 aliphatic rings. The lowest BCUT2D eigenvalue weighted by molar-refractivity contribution is -0.122. The monoisotopic (exact) mass is 225 g/mol. The van der Waals surface area contributed by atoms with E-state index in [-0.39, 0.29) is 5.91 Å². The third kappa shape index (κ3) is 2.95. The van der Waals surface area contributed by atoms with Gasteiger partial charge in [0.25, 0.3) is 0 Å². The Balaban J connectivity index is 1.71. The van der Waals surface area contributed by atoms with Gasteiger partial charge in [0.2, 0.25) is 5.91 Å².